The second kappa shape index (κ2) is 8.38. The lowest BCUT2D eigenvalue weighted by molar-refractivity contribution is -0.118. The van der Waals surface area contributed by atoms with Crippen molar-refractivity contribution in [2.45, 2.75) is 11.8 Å². The molecule has 0 bridgehead atoms. The number of hydrogen-bond donors (Lipinski definition) is 1. The molecule has 0 spiro atoms. The Bertz CT molecular complexity index is 886. The first-order chi connectivity index (χ1) is 12.1. The predicted octanol–water partition coefficient (Wildman–Crippen LogP) is 4.45. The third-order valence-corrected chi connectivity index (χ3v) is 4.79. The molecule has 0 saturated heterocycles. The number of amides is 1. The smallest absolute Gasteiger partial charge is 0.277 e. The molecule has 8 heteroatoms. The molecule has 25 heavy (non-hydrogen) atoms. The lowest BCUT2D eigenvalue weighted by Gasteiger charge is -2.05. The molecule has 1 amide bonds. The summed E-state index contributed by atoms with van der Waals surface area (Å²) in [5, 5.41) is 12.1. The zero-order valence-electron chi connectivity index (χ0n) is 12.9. The second-order valence-corrected chi connectivity index (χ2v) is 6.75. The number of thioether (sulfide) groups is 1. The van der Waals surface area contributed by atoms with Crippen molar-refractivity contribution in [3.63, 3.8) is 0 Å². The predicted molar refractivity (Wildman–Crippen MR) is 98.8 cm³/mol. The zero-order valence-corrected chi connectivity index (χ0v) is 15.2. The van der Waals surface area contributed by atoms with Gasteiger partial charge in [-0.3, -0.25) is 4.79 Å². The largest absolute Gasteiger partial charge is 0.411 e. The Hall–Kier alpha value is -2.02. The van der Waals surface area contributed by atoms with Gasteiger partial charge in [0.2, 0.25) is 11.8 Å². The molecule has 0 unspecified atom stereocenters. The third-order valence-electron chi connectivity index (χ3n) is 3.27. The van der Waals surface area contributed by atoms with Gasteiger partial charge in [0.05, 0.1) is 16.3 Å². The highest BCUT2D eigenvalue weighted by Gasteiger charge is 2.13. The topological polar surface area (TPSA) is 68.0 Å². The maximum atomic E-state index is 11.9. The number of carbonyl (C=O) groups is 1. The number of nitrogens with one attached hydrogen (secondary N) is 1. The van der Waals surface area contributed by atoms with Crippen molar-refractivity contribution in [1.29, 1.82) is 0 Å². The molecule has 0 radical (unpaired) electrons. The number of rotatable bonds is 6. The van der Waals surface area contributed by atoms with Gasteiger partial charge in [0.15, 0.2) is 0 Å². The van der Waals surface area contributed by atoms with Crippen LogP contribution in [0.25, 0.3) is 11.5 Å². The lowest BCUT2D eigenvalue weighted by atomic mass is 10.2. The van der Waals surface area contributed by atoms with E-state index in [0.717, 1.165) is 17.3 Å². The molecule has 1 aromatic heterocycles. The molecular formula is C17H13Cl2N3O2S. The van der Waals surface area contributed by atoms with E-state index in [0.29, 0.717) is 33.3 Å². The summed E-state index contributed by atoms with van der Waals surface area (Å²) in [6.07, 6.45) is 0. The molecule has 3 aromatic rings. The molecule has 0 aliphatic carbocycles. The first kappa shape index (κ1) is 17.8. The summed E-state index contributed by atoms with van der Waals surface area (Å²) in [5.41, 5.74) is 1.52. The quantitative estimate of drug-likeness (QED) is 0.626. The van der Waals surface area contributed by atoms with Crippen molar-refractivity contribution in [2.24, 2.45) is 0 Å². The Labute approximate surface area is 158 Å². The van der Waals surface area contributed by atoms with Crippen molar-refractivity contribution in [1.82, 2.24) is 15.5 Å². The number of carbonyl (C=O) groups excluding carboxylic acids is 1. The molecular weight excluding hydrogens is 381 g/mol. The minimum Gasteiger partial charge on any atom is -0.411 e. The molecule has 0 atom stereocenters. The van der Waals surface area contributed by atoms with Crippen LogP contribution in [0.15, 0.2) is 58.2 Å². The van der Waals surface area contributed by atoms with Crippen LogP contribution in [0, 0.1) is 0 Å². The Balaban J connectivity index is 1.53. The van der Waals surface area contributed by atoms with E-state index in [2.05, 4.69) is 15.5 Å². The van der Waals surface area contributed by atoms with Crippen molar-refractivity contribution in [3.8, 4) is 11.5 Å². The average molecular weight is 394 g/mol. The van der Waals surface area contributed by atoms with Crippen LogP contribution in [0.5, 0.6) is 0 Å². The van der Waals surface area contributed by atoms with E-state index in [-0.39, 0.29) is 11.7 Å². The summed E-state index contributed by atoms with van der Waals surface area (Å²) in [6, 6.07) is 14.6. The van der Waals surface area contributed by atoms with E-state index in [4.69, 9.17) is 27.6 Å². The van der Waals surface area contributed by atoms with Crippen molar-refractivity contribution < 1.29 is 9.21 Å². The lowest BCUT2D eigenvalue weighted by Crippen LogP contribution is -2.24. The fraction of sp³-hybridized carbons (Fsp3) is 0.118. The summed E-state index contributed by atoms with van der Waals surface area (Å²) in [4.78, 5) is 11.9. The standard InChI is InChI=1S/C17H13Cl2N3O2S/c18-13-7-3-1-5-11(13)9-20-15(23)10-25-17-22-21-16(24-17)12-6-2-4-8-14(12)19/h1-8H,9-10H2,(H,20,23). The van der Waals surface area contributed by atoms with Gasteiger partial charge in [0.1, 0.15) is 0 Å². The van der Waals surface area contributed by atoms with Gasteiger partial charge in [0, 0.05) is 11.6 Å². The Morgan fingerprint density at radius 2 is 1.76 bits per heavy atom. The van der Waals surface area contributed by atoms with Crippen molar-refractivity contribution in [2.75, 3.05) is 5.75 Å². The first-order valence-electron chi connectivity index (χ1n) is 7.35. The number of halogens is 2. The number of benzene rings is 2. The number of aromatic nitrogens is 2. The van der Waals surface area contributed by atoms with Gasteiger partial charge in [-0.1, -0.05) is 65.3 Å². The zero-order chi connectivity index (χ0) is 17.6. The van der Waals surface area contributed by atoms with Crippen LogP contribution in [-0.2, 0) is 11.3 Å². The monoisotopic (exact) mass is 393 g/mol. The fourth-order valence-corrected chi connectivity index (χ4v) is 3.04. The molecule has 128 valence electrons. The molecule has 0 saturated carbocycles. The van der Waals surface area contributed by atoms with E-state index in [9.17, 15) is 4.79 Å². The molecule has 0 aliphatic rings. The van der Waals surface area contributed by atoms with Gasteiger partial charge in [0.25, 0.3) is 5.22 Å². The van der Waals surface area contributed by atoms with Crippen LogP contribution in [0.1, 0.15) is 5.56 Å². The molecule has 0 aliphatic heterocycles. The maximum Gasteiger partial charge on any atom is 0.277 e. The Morgan fingerprint density at radius 3 is 2.52 bits per heavy atom. The van der Waals surface area contributed by atoms with Gasteiger partial charge < -0.3 is 9.73 Å². The van der Waals surface area contributed by atoms with Crippen LogP contribution in [0.4, 0.5) is 0 Å². The molecule has 1 N–H and O–H groups in total. The summed E-state index contributed by atoms with van der Waals surface area (Å²) in [7, 11) is 0. The third kappa shape index (κ3) is 4.75. The van der Waals surface area contributed by atoms with Crippen LogP contribution < -0.4 is 5.32 Å². The van der Waals surface area contributed by atoms with E-state index in [1.54, 1.807) is 18.2 Å². The van der Waals surface area contributed by atoms with Gasteiger partial charge >= 0.3 is 0 Å². The van der Waals surface area contributed by atoms with E-state index < -0.39 is 0 Å². The Kier molecular flexibility index (Phi) is 5.96. The maximum absolute atomic E-state index is 11.9. The van der Waals surface area contributed by atoms with Crippen LogP contribution in [0.3, 0.4) is 0 Å². The van der Waals surface area contributed by atoms with Gasteiger partial charge in [-0.25, -0.2) is 0 Å². The fourth-order valence-electron chi connectivity index (χ4n) is 2.03. The highest BCUT2D eigenvalue weighted by Crippen LogP contribution is 2.28. The minimum absolute atomic E-state index is 0.151. The first-order valence-corrected chi connectivity index (χ1v) is 9.09. The highest BCUT2D eigenvalue weighted by molar-refractivity contribution is 7.99. The van der Waals surface area contributed by atoms with Gasteiger partial charge in [-0.05, 0) is 23.8 Å². The Morgan fingerprint density at radius 1 is 1.04 bits per heavy atom. The van der Waals surface area contributed by atoms with Crippen LogP contribution in [-0.4, -0.2) is 21.9 Å². The number of nitrogens with zero attached hydrogens (tertiary/aromatic N) is 2. The molecule has 5 nitrogen and oxygen atoms in total. The van der Waals surface area contributed by atoms with Gasteiger partial charge in [-0.15, -0.1) is 10.2 Å². The van der Waals surface area contributed by atoms with Gasteiger partial charge in [-0.2, -0.15) is 0 Å². The second-order valence-electron chi connectivity index (χ2n) is 5.01. The van der Waals surface area contributed by atoms with Crippen molar-refractivity contribution in [3.05, 3.63) is 64.1 Å². The summed E-state index contributed by atoms with van der Waals surface area (Å²) < 4.78 is 5.54. The normalized spacial score (nSPS) is 10.6. The SMILES string of the molecule is O=C(CSc1nnc(-c2ccccc2Cl)o1)NCc1ccccc1Cl. The molecule has 3 rings (SSSR count). The molecule has 0 fully saturated rings. The molecule has 2 aromatic carbocycles. The van der Waals surface area contributed by atoms with Crippen LogP contribution in [0.2, 0.25) is 10.0 Å². The van der Waals surface area contributed by atoms with E-state index >= 15 is 0 Å². The molecule has 1 heterocycles. The average Bonchev–Trinajstić information content (AvgIpc) is 3.08. The highest BCUT2D eigenvalue weighted by atomic mass is 35.5. The van der Waals surface area contributed by atoms with E-state index in [1.165, 1.54) is 0 Å². The summed E-state index contributed by atoms with van der Waals surface area (Å²) >= 11 is 13.3. The van der Waals surface area contributed by atoms with Crippen molar-refractivity contribution >= 4 is 40.9 Å². The minimum atomic E-state index is -0.151. The van der Waals surface area contributed by atoms with Crippen LogP contribution >= 0.6 is 35.0 Å². The summed E-state index contributed by atoms with van der Waals surface area (Å²) in [5.74, 6) is 0.334. The summed E-state index contributed by atoms with van der Waals surface area (Å²) in [6.45, 7) is 0.369. The van der Waals surface area contributed by atoms with E-state index in [1.807, 2.05) is 30.3 Å². The number of hydrogen-bond acceptors (Lipinski definition) is 5.